The van der Waals surface area contributed by atoms with Crippen LogP contribution in [0.2, 0.25) is 0 Å². The van der Waals surface area contributed by atoms with Crippen molar-refractivity contribution in [2.24, 2.45) is 35.0 Å². The van der Waals surface area contributed by atoms with Crippen LogP contribution in [0, 0.1) is 35.0 Å². The second-order valence-corrected chi connectivity index (χ2v) is 8.35. The normalized spacial score (nSPS) is 51.4. The van der Waals surface area contributed by atoms with Crippen LogP contribution in [-0.2, 0) is 4.79 Å². The fourth-order valence-electron chi connectivity index (χ4n) is 6.55. The van der Waals surface area contributed by atoms with Gasteiger partial charge in [0.05, 0.1) is 0 Å². The van der Waals surface area contributed by atoms with Gasteiger partial charge in [0, 0.05) is 11.8 Å². The highest BCUT2D eigenvalue weighted by Crippen LogP contribution is 2.61. The minimum absolute atomic E-state index is 0.0618. The number of hydrogen-bond acceptors (Lipinski definition) is 1. The predicted octanol–water partition coefficient (Wildman–Crippen LogP) is 4.76. The van der Waals surface area contributed by atoms with E-state index in [9.17, 15) is 4.79 Å². The predicted molar refractivity (Wildman–Crippen MR) is 81.3 cm³/mol. The van der Waals surface area contributed by atoms with Crippen LogP contribution in [0.5, 0.6) is 0 Å². The number of Topliss-reactive ketones (excluding diaryl/α,β-unsaturated/α-hetero) is 1. The summed E-state index contributed by atoms with van der Waals surface area (Å²) < 4.78 is 0. The molecule has 0 saturated heterocycles. The van der Waals surface area contributed by atoms with Gasteiger partial charge in [0.1, 0.15) is 5.78 Å². The van der Waals surface area contributed by atoms with Gasteiger partial charge in [-0.15, -0.1) is 0 Å². The van der Waals surface area contributed by atoms with Crippen LogP contribution < -0.4 is 0 Å². The number of hydrogen-bond donors (Lipinski definition) is 0. The van der Waals surface area contributed by atoms with E-state index in [2.05, 4.69) is 13.5 Å². The molecule has 0 unspecified atom stereocenters. The molecule has 1 heteroatoms. The Balaban J connectivity index is 1.59. The van der Waals surface area contributed by atoms with Gasteiger partial charge in [-0.05, 0) is 81.0 Å². The summed E-state index contributed by atoms with van der Waals surface area (Å²) in [5.41, 5.74) is 1.56. The SMILES string of the molecule is C=C1CC[C@H]2[C@H](CC[C@@H]3[C@@H]2CC[C@]2(C)C(=O)CC[C@@H]32)C1. The Morgan fingerprint density at radius 1 is 1.00 bits per heavy atom. The van der Waals surface area contributed by atoms with Crippen LogP contribution in [0.4, 0.5) is 0 Å². The molecule has 110 valence electrons. The smallest absolute Gasteiger partial charge is 0.139 e. The Kier molecular flexibility index (Phi) is 2.91. The molecule has 0 aromatic rings. The Morgan fingerprint density at radius 2 is 1.85 bits per heavy atom. The number of carbonyl (C=O) groups excluding carboxylic acids is 1. The van der Waals surface area contributed by atoms with Gasteiger partial charge in [0.2, 0.25) is 0 Å². The zero-order valence-electron chi connectivity index (χ0n) is 12.9. The molecule has 4 rings (SSSR count). The van der Waals surface area contributed by atoms with Gasteiger partial charge in [-0.25, -0.2) is 0 Å². The summed E-state index contributed by atoms with van der Waals surface area (Å²) in [4.78, 5) is 12.3. The highest BCUT2D eigenvalue weighted by molar-refractivity contribution is 5.87. The summed E-state index contributed by atoms with van der Waals surface area (Å²) in [5.74, 6) is 5.00. The van der Waals surface area contributed by atoms with Crippen molar-refractivity contribution in [3.8, 4) is 0 Å². The number of ketones is 1. The first-order valence-electron chi connectivity index (χ1n) is 8.79. The summed E-state index contributed by atoms with van der Waals surface area (Å²) in [7, 11) is 0. The highest BCUT2D eigenvalue weighted by Gasteiger charge is 2.56. The lowest BCUT2D eigenvalue weighted by molar-refractivity contribution is -0.132. The zero-order valence-corrected chi connectivity index (χ0v) is 12.9. The molecular formula is C19H28O. The summed E-state index contributed by atoms with van der Waals surface area (Å²) in [6.07, 6.45) is 11.3. The van der Waals surface area contributed by atoms with E-state index >= 15 is 0 Å². The zero-order chi connectivity index (χ0) is 13.9. The summed E-state index contributed by atoms with van der Waals surface area (Å²) >= 11 is 0. The molecule has 0 heterocycles. The third-order valence-electron chi connectivity index (χ3n) is 7.61. The van der Waals surface area contributed by atoms with Crippen molar-refractivity contribution in [3.63, 3.8) is 0 Å². The number of rotatable bonds is 0. The number of carbonyl (C=O) groups is 1. The van der Waals surface area contributed by atoms with Crippen LogP contribution in [0.15, 0.2) is 12.2 Å². The number of allylic oxidation sites excluding steroid dienone is 1. The molecule has 0 aliphatic heterocycles. The topological polar surface area (TPSA) is 17.1 Å². The van der Waals surface area contributed by atoms with Crippen LogP contribution in [-0.4, -0.2) is 5.78 Å². The molecular weight excluding hydrogens is 244 g/mol. The van der Waals surface area contributed by atoms with Crippen molar-refractivity contribution in [1.82, 2.24) is 0 Å². The van der Waals surface area contributed by atoms with Gasteiger partial charge >= 0.3 is 0 Å². The minimum Gasteiger partial charge on any atom is -0.299 e. The van der Waals surface area contributed by atoms with Crippen molar-refractivity contribution >= 4 is 5.78 Å². The highest BCUT2D eigenvalue weighted by atomic mass is 16.1. The van der Waals surface area contributed by atoms with Gasteiger partial charge in [0.25, 0.3) is 0 Å². The van der Waals surface area contributed by atoms with E-state index in [1.807, 2.05) is 0 Å². The minimum atomic E-state index is 0.0618. The second-order valence-electron chi connectivity index (χ2n) is 8.35. The van der Waals surface area contributed by atoms with E-state index < -0.39 is 0 Å². The molecule has 0 radical (unpaired) electrons. The largest absolute Gasteiger partial charge is 0.299 e. The average molecular weight is 272 g/mol. The molecule has 4 aliphatic carbocycles. The van der Waals surface area contributed by atoms with Crippen LogP contribution in [0.3, 0.4) is 0 Å². The van der Waals surface area contributed by atoms with Crippen molar-refractivity contribution in [2.45, 2.75) is 64.7 Å². The Bertz CT molecular complexity index is 451. The molecule has 4 saturated carbocycles. The molecule has 0 aromatic heterocycles. The average Bonchev–Trinajstić information content (AvgIpc) is 2.74. The van der Waals surface area contributed by atoms with Crippen molar-refractivity contribution in [2.75, 3.05) is 0 Å². The van der Waals surface area contributed by atoms with Gasteiger partial charge in [0.15, 0.2) is 0 Å². The third kappa shape index (κ3) is 1.71. The van der Waals surface area contributed by atoms with E-state index in [1.54, 1.807) is 0 Å². The lowest BCUT2D eigenvalue weighted by atomic mass is 9.50. The first kappa shape index (κ1) is 13.1. The van der Waals surface area contributed by atoms with Gasteiger partial charge in [-0.3, -0.25) is 4.79 Å². The monoisotopic (exact) mass is 272 g/mol. The summed E-state index contributed by atoms with van der Waals surface area (Å²) in [6.45, 7) is 6.53. The van der Waals surface area contributed by atoms with Crippen LogP contribution >= 0.6 is 0 Å². The van der Waals surface area contributed by atoms with Gasteiger partial charge in [-0.2, -0.15) is 0 Å². The first-order valence-corrected chi connectivity index (χ1v) is 8.79. The maximum atomic E-state index is 12.3. The lowest BCUT2D eigenvalue weighted by Crippen LogP contribution is -2.48. The van der Waals surface area contributed by atoms with Crippen LogP contribution in [0.25, 0.3) is 0 Å². The molecule has 0 amide bonds. The summed E-state index contributed by atoms with van der Waals surface area (Å²) in [6, 6.07) is 0. The third-order valence-corrected chi connectivity index (χ3v) is 7.61. The van der Waals surface area contributed by atoms with Crippen molar-refractivity contribution in [1.29, 1.82) is 0 Å². The summed E-state index contributed by atoms with van der Waals surface area (Å²) in [5, 5.41) is 0. The Labute approximate surface area is 123 Å². The number of fused-ring (bicyclic) bond motifs is 5. The maximum absolute atomic E-state index is 12.3. The van der Waals surface area contributed by atoms with Crippen molar-refractivity contribution in [3.05, 3.63) is 12.2 Å². The Hall–Kier alpha value is -0.590. The second kappa shape index (κ2) is 4.45. The fraction of sp³-hybridized carbons (Fsp3) is 0.842. The quantitative estimate of drug-likeness (QED) is 0.581. The van der Waals surface area contributed by atoms with E-state index in [-0.39, 0.29) is 5.41 Å². The standard InChI is InChI=1S/C19H28O/c1-12-3-5-14-13(11-12)4-6-16-15(14)9-10-19(2)17(16)7-8-18(19)20/h13-17H,1,3-11H2,2H3/t13-,14+,15-,16-,17+,19+/m1/s1. The van der Waals surface area contributed by atoms with E-state index in [4.69, 9.17) is 0 Å². The first-order chi connectivity index (χ1) is 9.59. The van der Waals surface area contributed by atoms with E-state index in [0.717, 1.165) is 36.0 Å². The van der Waals surface area contributed by atoms with E-state index in [1.165, 1.54) is 56.9 Å². The molecule has 0 spiro atoms. The molecule has 20 heavy (non-hydrogen) atoms. The molecule has 4 aliphatic rings. The molecule has 4 fully saturated rings. The van der Waals surface area contributed by atoms with Gasteiger partial charge in [-0.1, -0.05) is 19.1 Å². The molecule has 0 N–H and O–H groups in total. The van der Waals surface area contributed by atoms with Crippen molar-refractivity contribution < 1.29 is 4.79 Å². The Morgan fingerprint density at radius 3 is 2.70 bits per heavy atom. The lowest BCUT2D eigenvalue weighted by Gasteiger charge is -2.54. The molecule has 6 atom stereocenters. The molecule has 0 aromatic carbocycles. The van der Waals surface area contributed by atoms with Crippen LogP contribution in [0.1, 0.15) is 64.7 Å². The maximum Gasteiger partial charge on any atom is 0.139 e. The fourth-order valence-corrected chi connectivity index (χ4v) is 6.55. The molecule has 1 nitrogen and oxygen atoms in total. The van der Waals surface area contributed by atoms with E-state index in [0.29, 0.717) is 5.78 Å². The molecule has 0 bridgehead atoms. The van der Waals surface area contributed by atoms with Gasteiger partial charge < -0.3 is 0 Å².